The van der Waals surface area contributed by atoms with Crippen molar-refractivity contribution in [2.75, 3.05) is 0 Å². The van der Waals surface area contributed by atoms with Crippen molar-refractivity contribution in [2.24, 2.45) is 126 Å². The van der Waals surface area contributed by atoms with Crippen LogP contribution in [0.1, 0.15) is 370 Å². The van der Waals surface area contributed by atoms with Crippen LogP contribution in [0.3, 0.4) is 0 Å². The summed E-state index contributed by atoms with van der Waals surface area (Å²) in [6.45, 7) is 39.2. The van der Waals surface area contributed by atoms with Gasteiger partial charge in [0.25, 0.3) is 0 Å². The Kier molecular flexibility index (Phi) is 26.8. The van der Waals surface area contributed by atoms with Crippen LogP contribution in [0.5, 0.6) is 0 Å². The molecule has 10 bridgehead atoms. The van der Waals surface area contributed by atoms with Crippen LogP contribution in [0, 0.1) is 126 Å². The summed E-state index contributed by atoms with van der Waals surface area (Å²) < 4.78 is 71.5. The van der Waals surface area contributed by atoms with Crippen molar-refractivity contribution in [1.82, 2.24) is 0 Å². The van der Waals surface area contributed by atoms with Crippen molar-refractivity contribution < 1.29 is 114 Å². The van der Waals surface area contributed by atoms with Gasteiger partial charge in [0, 0.05) is 53.3 Å². The van der Waals surface area contributed by atoms with E-state index in [9.17, 15) is 57.5 Å². The summed E-state index contributed by atoms with van der Waals surface area (Å²) in [6.07, 6.45) is 28.3. The second-order valence-corrected chi connectivity index (χ2v) is 45.4. The first-order valence-corrected chi connectivity index (χ1v) is 50.1. The molecular formula is C102H154O24. The highest BCUT2D eigenvalue weighted by Crippen LogP contribution is 2.69. The van der Waals surface area contributed by atoms with Crippen LogP contribution >= 0.6 is 0 Å². The van der Waals surface area contributed by atoms with Crippen LogP contribution in [-0.2, 0) is 114 Å². The molecule has 706 valence electrons. The lowest BCUT2D eigenvalue weighted by Crippen LogP contribution is -2.51. The lowest BCUT2D eigenvalue weighted by atomic mass is 9.71. The third kappa shape index (κ3) is 15.7. The van der Waals surface area contributed by atoms with E-state index in [1.54, 1.807) is 0 Å². The molecule has 0 radical (unpaired) electrons. The van der Waals surface area contributed by atoms with E-state index >= 15 is 0 Å². The van der Waals surface area contributed by atoms with E-state index in [-0.39, 0.29) is 77.2 Å². The average Bonchev–Trinajstić information content (AvgIpc) is 1.54. The largest absolute Gasteiger partial charge is 0.459 e. The molecule has 13 saturated carbocycles. The van der Waals surface area contributed by atoms with E-state index in [0.717, 1.165) is 102 Å². The van der Waals surface area contributed by atoms with Gasteiger partial charge in [-0.2, -0.15) is 0 Å². The van der Waals surface area contributed by atoms with Crippen molar-refractivity contribution in [3.63, 3.8) is 0 Å². The molecule has 17 rings (SSSR count). The number of hydrogen-bond donors (Lipinski definition) is 0. The van der Waals surface area contributed by atoms with E-state index < -0.39 is 156 Å². The molecular weight excluding hydrogens is 1610 g/mol. The molecule has 23 atom stereocenters. The number of fused-ring (bicyclic) bond motifs is 6. The van der Waals surface area contributed by atoms with Crippen LogP contribution in [0.15, 0.2) is 0 Å². The number of carbonyl (C=O) groups excluding carboxylic acids is 12. The fraction of sp³-hybridized carbons (Fsp3) is 0.882. The molecule has 4 heterocycles. The zero-order valence-corrected chi connectivity index (χ0v) is 80.0. The monoisotopic (exact) mass is 1760 g/mol. The van der Waals surface area contributed by atoms with Crippen LogP contribution in [0.4, 0.5) is 0 Å². The Hall–Kier alpha value is -6.36. The van der Waals surface area contributed by atoms with Crippen LogP contribution in [0.25, 0.3) is 0 Å². The van der Waals surface area contributed by atoms with Crippen LogP contribution < -0.4 is 0 Å². The van der Waals surface area contributed by atoms with Crippen molar-refractivity contribution in [3.05, 3.63) is 0 Å². The van der Waals surface area contributed by atoms with Crippen LogP contribution in [0.2, 0.25) is 0 Å². The Bertz CT molecular complexity index is 4120. The first-order valence-electron chi connectivity index (χ1n) is 50.1. The quantitative estimate of drug-likeness (QED) is 0.0366. The first kappa shape index (κ1) is 95.7. The van der Waals surface area contributed by atoms with Crippen LogP contribution in [-0.4, -0.2) is 143 Å². The van der Waals surface area contributed by atoms with Gasteiger partial charge in [0.2, 0.25) is 0 Å². The average molecular weight is 1760 g/mol. The van der Waals surface area contributed by atoms with Gasteiger partial charge in [0.1, 0.15) is 71.2 Å². The summed E-state index contributed by atoms with van der Waals surface area (Å²) in [6, 6.07) is 0. The molecule has 13 aliphatic carbocycles. The fourth-order valence-corrected chi connectivity index (χ4v) is 27.5. The number of rotatable bonds is 30. The molecule has 24 heteroatoms. The van der Waals surface area contributed by atoms with Crippen molar-refractivity contribution in [2.45, 2.75) is 441 Å². The topological polar surface area (TPSA) is 316 Å². The van der Waals surface area contributed by atoms with Gasteiger partial charge in [-0.05, 0) is 272 Å². The molecule has 0 spiro atoms. The zero-order valence-electron chi connectivity index (χ0n) is 80.0. The molecule has 0 amide bonds. The lowest BCUT2D eigenvalue weighted by molar-refractivity contribution is -0.188. The lowest BCUT2D eigenvalue weighted by Gasteiger charge is -2.43. The van der Waals surface area contributed by atoms with Gasteiger partial charge in [0.15, 0.2) is 21.7 Å². The minimum absolute atomic E-state index is 0.0317. The summed E-state index contributed by atoms with van der Waals surface area (Å²) in [5.74, 6) is -2.90. The van der Waals surface area contributed by atoms with Gasteiger partial charge in [-0.15, -0.1) is 0 Å². The molecule has 24 nitrogen and oxygen atoms in total. The fourth-order valence-electron chi connectivity index (χ4n) is 27.5. The molecule has 17 fully saturated rings. The molecule has 17 aliphatic rings. The Morgan fingerprint density at radius 3 is 0.794 bits per heavy atom. The molecule has 0 N–H and O–H groups in total. The van der Waals surface area contributed by atoms with Gasteiger partial charge in [-0.25, -0.2) is 0 Å². The number of carbonyl (C=O) groups is 12. The minimum Gasteiger partial charge on any atom is -0.459 e. The standard InChI is InChI=1S/C27H40O6.C26H40O6.C25H38O6.C24H36O6/c1-6-25(4,5)22(28)31-20-17-13-19-21(20)32-23(29)27(19,14-17)24(30)33-26(7-2,8-3)18-12-15-9-10-16(18)11-15;1-6-24(4,5)21(27)30-19-16-14-18-20(19)31-22(28)26(18,15-16)23(29)32-25(7-2,8-3)17-12-10-9-11-13-17;1-6-23(4,5)20(26)29-18-15-13-17-19(18)30-21(27)25(17,14-15)22(28)31-24(7-2,8-3)16-11-9-10-12-16;1-6-22(2,3)19(25)28-17-14-12-16-18(17)29-20(26)24(16,13-14)21(27)30-23(4,5)15-10-8-7-9-11-15/h15-21H,6-14H2,1-5H3;16-20H,6-15H2,1-5H3;15-19H,6-14H2,1-5H3;14-18H,6-13H2,1-5H3. The Labute approximate surface area is 749 Å². The van der Waals surface area contributed by atoms with E-state index in [1.165, 1.54) is 57.8 Å². The highest BCUT2D eigenvalue weighted by molar-refractivity contribution is 6.06. The molecule has 23 unspecified atom stereocenters. The van der Waals surface area contributed by atoms with Crippen molar-refractivity contribution in [3.8, 4) is 0 Å². The first-order chi connectivity index (χ1) is 59.4. The SMILES string of the molecule is CCC(C)(C)C(=O)OC1C2CC3C1OC(=O)C3(C(=O)OC(C)(C)C1CCCCC1)C2.CCC(C)(C)C(=O)OC1C2CC3C1OC(=O)C3(C(=O)OC(CC)(CC)C1CC3CCC1C3)C2.CCC(C)(C)C(=O)OC1C2CC3C1OC(=O)C3(C(=O)OC(CC)(CC)C1CCCC1)C2.CCC(C)(C)C(=O)OC1C2CC3C1OC(=O)C3(C(=O)OC(CC)(CC)C1CCCCC1)C2. The Balaban J connectivity index is 0.000000136. The summed E-state index contributed by atoms with van der Waals surface area (Å²) in [7, 11) is 0. The van der Waals surface area contributed by atoms with E-state index in [4.69, 9.17) is 56.8 Å². The second-order valence-electron chi connectivity index (χ2n) is 45.4. The number of hydrogen-bond acceptors (Lipinski definition) is 24. The maximum atomic E-state index is 13.8. The molecule has 0 aromatic heterocycles. The van der Waals surface area contributed by atoms with Crippen molar-refractivity contribution >= 4 is 71.6 Å². The number of ether oxygens (including phenoxy) is 12. The zero-order chi connectivity index (χ0) is 91.6. The van der Waals surface area contributed by atoms with E-state index in [0.29, 0.717) is 107 Å². The molecule has 4 aliphatic heterocycles. The molecule has 4 saturated heterocycles. The Morgan fingerprint density at radius 2 is 0.548 bits per heavy atom. The van der Waals surface area contributed by atoms with E-state index in [1.807, 2.05) is 96.9 Å². The smallest absolute Gasteiger partial charge is 0.324 e. The third-order valence-corrected chi connectivity index (χ3v) is 37.7. The van der Waals surface area contributed by atoms with Gasteiger partial charge < -0.3 is 56.8 Å². The third-order valence-electron chi connectivity index (χ3n) is 37.7. The predicted molar refractivity (Wildman–Crippen MR) is 462 cm³/mol. The van der Waals surface area contributed by atoms with Gasteiger partial charge in [-0.1, -0.05) is 127 Å². The molecule has 126 heavy (non-hydrogen) atoms. The van der Waals surface area contributed by atoms with Gasteiger partial charge >= 0.3 is 71.6 Å². The highest BCUT2D eigenvalue weighted by Gasteiger charge is 2.81. The van der Waals surface area contributed by atoms with Crippen molar-refractivity contribution in [1.29, 1.82) is 0 Å². The highest BCUT2D eigenvalue weighted by atomic mass is 16.6. The Morgan fingerprint density at radius 1 is 0.294 bits per heavy atom. The molecule has 0 aromatic rings. The predicted octanol–water partition coefficient (Wildman–Crippen LogP) is 18.6. The second kappa shape index (κ2) is 35.3. The van der Waals surface area contributed by atoms with Gasteiger partial charge in [0.05, 0.1) is 21.7 Å². The van der Waals surface area contributed by atoms with Gasteiger partial charge in [-0.3, -0.25) is 57.5 Å². The maximum absolute atomic E-state index is 13.8. The van der Waals surface area contributed by atoms with E-state index in [2.05, 4.69) is 41.5 Å². The summed E-state index contributed by atoms with van der Waals surface area (Å²) in [5.41, 5.74) is -9.29. The summed E-state index contributed by atoms with van der Waals surface area (Å²) in [5, 5.41) is 0. The summed E-state index contributed by atoms with van der Waals surface area (Å²) >= 11 is 0. The summed E-state index contributed by atoms with van der Waals surface area (Å²) in [4.78, 5) is 158. The molecule has 0 aromatic carbocycles. The normalized spacial score (nSPS) is 36.6. The number of esters is 12. The maximum Gasteiger partial charge on any atom is 0.324 e. The minimum atomic E-state index is -1.22.